The lowest BCUT2D eigenvalue weighted by molar-refractivity contribution is 0.0697. The standard InChI is InChI=1S/C15H13N3O2/c1-9-4-3-5-11(16-9)14-17-12-8-10(15(19)20)6-7-13(12)18(14)2/h3-8H,1-2H3,(H,19,20). The van der Waals surface area contributed by atoms with Crippen LogP contribution in [0.3, 0.4) is 0 Å². The maximum absolute atomic E-state index is 11.0. The molecule has 3 aromatic rings. The summed E-state index contributed by atoms with van der Waals surface area (Å²) in [6.07, 6.45) is 0. The van der Waals surface area contributed by atoms with Crippen molar-refractivity contribution in [2.45, 2.75) is 6.92 Å². The second-order valence-electron chi connectivity index (χ2n) is 4.67. The molecule has 0 fully saturated rings. The van der Waals surface area contributed by atoms with Crippen molar-refractivity contribution < 1.29 is 9.90 Å². The van der Waals surface area contributed by atoms with Crippen molar-refractivity contribution in [1.82, 2.24) is 14.5 Å². The molecule has 0 bridgehead atoms. The summed E-state index contributed by atoms with van der Waals surface area (Å²) in [5, 5.41) is 9.03. The van der Waals surface area contributed by atoms with Gasteiger partial charge in [0, 0.05) is 12.7 Å². The van der Waals surface area contributed by atoms with Crippen molar-refractivity contribution in [3.05, 3.63) is 47.7 Å². The summed E-state index contributed by atoms with van der Waals surface area (Å²) < 4.78 is 1.92. The summed E-state index contributed by atoms with van der Waals surface area (Å²) in [5.41, 5.74) is 3.47. The van der Waals surface area contributed by atoms with Gasteiger partial charge in [-0.2, -0.15) is 0 Å². The molecule has 100 valence electrons. The van der Waals surface area contributed by atoms with Gasteiger partial charge in [0.15, 0.2) is 5.82 Å². The van der Waals surface area contributed by atoms with E-state index >= 15 is 0 Å². The van der Waals surface area contributed by atoms with Crippen LogP contribution in [0.4, 0.5) is 0 Å². The Morgan fingerprint density at radius 1 is 1.20 bits per heavy atom. The topological polar surface area (TPSA) is 68.0 Å². The molecule has 0 amide bonds. The zero-order chi connectivity index (χ0) is 14.3. The minimum Gasteiger partial charge on any atom is -0.478 e. The fourth-order valence-corrected chi connectivity index (χ4v) is 2.23. The van der Waals surface area contributed by atoms with Crippen molar-refractivity contribution in [2.75, 3.05) is 0 Å². The van der Waals surface area contributed by atoms with Gasteiger partial charge in [0.25, 0.3) is 0 Å². The van der Waals surface area contributed by atoms with E-state index in [1.807, 2.05) is 36.7 Å². The Morgan fingerprint density at radius 3 is 2.70 bits per heavy atom. The van der Waals surface area contributed by atoms with Crippen LogP contribution in [0, 0.1) is 6.92 Å². The molecule has 0 aliphatic heterocycles. The molecule has 0 radical (unpaired) electrons. The van der Waals surface area contributed by atoms with E-state index < -0.39 is 5.97 Å². The van der Waals surface area contributed by atoms with Crippen LogP contribution in [0.5, 0.6) is 0 Å². The van der Waals surface area contributed by atoms with E-state index in [1.54, 1.807) is 18.2 Å². The molecule has 2 aromatic heterocycles. The molecule has 5 heteroatoms. The van der Waals surface area contributed by atoms with Gasteiger partial charge in [0.1, 0.15) is 5.69 Å². The average Bonchev–Trinajstić information content (AvgIpc) is 2.75. The van der Waals surface area contributed by atoms with Crippen molar-refractivity contribution in [3.63, 3.8) is 0 Å². The number of aryl methyl sites for hydroxylation is 2. The molecule has 0 aliphatic carbocycles. The highest BCUT2D eigenvalue weighted by molar-refractivity contribution is 5.93. The number of carboxylic acid groups (broad SMARTS) is 1. The van der Waals surface area contributed by atoms with Crippen LogP contribution in [-0.2, 0) is 7.05 Å². The Kier molecular flexibility index (Phi) is 2.75. The first-order valence-electron chi connectivity index (χ1n) is 6.20. The van der Waals surface area contributed by atoms with E-state index in [0.29, 0.717) is 5.52 Å². The van der Waals surface area contributed by atoms with Crippen molar-refractivity contribution in [1.29, 1.82) is 0 Å². The number of carboxylic acids is 1. The number of nitrogens with zero attached hydrogens (tertiary/aromatic N) is 3. The average molecular weight is 267 g/mol. The van der Waals surface area contributed by atoms with Gasteiger partial charge in [0.05, 0.1) is 16.6 Å². The minimum absolute atomic E-state index is 0.236. The first kappa shape index (κ1) is 12.3. The summed E-state index contributed by atoms with van der Waals surface area (Å²) in [6.45, 7) is 1.93. The SMILES string of the molecule is Cc1cccc(-c2nc3cc(C(=O)O)ccc3n2C)n1. The first-order valence-corrected chi connectivity index (χ1v) is 6.20. The number of carbonyl (C=O) groups is 1. The van der Waals surface area contributed by atoms with Crippen molar-refractivity contribution in [3.8, 4) is 11.5 Å². The lowest BCUT2D eigenvalue weighted by Gasteiger charge is -2.02. The monoisotopic (exact) mass is 267 g/mol. The first-order chi connectivity index (χ1) is 9.56. The number of imidazole rings is 1. The number of hydrogen-bond donors (Lipinski definition) is 1. The number of aromatic carboxylic acids is 1. The lowest BCUT2D eigenvalue weighted by Crippen LogP contribution is -1.96. The summed E-state index contributed by atoms with van der Waals surface area (Å²) in [6, 6.07) is 10.7. The molecule has 1 aromatic carbocycles. The Labute approximate surface area is 115 Å². The van der Waals surface area contributed by atoms with E-state index in [4.69, 9.17) is 5.11 Å². The van der Waals surface area contributed by atoms with Crippen LogP contribution in [0.15, 0.2) is 36.4 Å². The number of pyridine rings is 1. The van der Waals surface area contributed by atoms with Crippen LogP contribution in [-0.4, -0.2) is 25.6 Å². The molecule has 1 N–H and O–H groups in total. The van der Waals surface area contributed by atoms with E-state index in [-0.39, 0.29) is 5.56 Å². The highest BCUT2D eigenvalue weighted by atomic mass is 16.4. The molecule has 2 heterocycles. The number of fused-ring (bicyclic) bond motifs is 1. The van der Waals surface area contributed by atoms with Gasteiger partial charge in [-0.25, -0.2) is 14.8 Å². The van der Waals surface area contributed by atoms with Crippen molar-refractivity contribution >= 4 is 17.0 Å². The molecule has 20 heavy (non-hydrogen) atoms. The van der Waals surface area contributed by atoms with E-state index in [1.165, 1.54) is 0 Å². The highest BCUT2D eigenvalue weighted by Gasteiger charge is 2.13. The molecule has 0 aliphatic rings. The summed E-state index contributed by atoms with van der Waals surface area (Å²) >= 11 is 0. The minimum atomic E-state index is -0.951. The quantitative estimate of drug-likeness (QED) is 0.775. The summed E-state index contributed by atoms with van der Waals surface area (Å²) in [7, 11) is 1.90. The number of benzene rings is 1. The van der Waals surface area contributed by atoms with Gasteiger partial charge < -0.3 is 9.67 Å². The smallest absolute Gasteiger partial charge is 0.335 e. The molecular formula is C15H13N3O2. The van der Waals surface area contributed by atoms with Crippen LogP contribution in [0.25, 0.3) is 22.6 Å². The van der Waals surface area contributed by atoms with Gasteiger partial charge in [0.2, 0.25) is 0 Å². The third-order valence-electron chi connectivity index (χ3n) is 3.25. The second kappa shape index (κ2) is 4.45. The molecule has 0 saturated carbocycles. The van der Waals surface area contributed by atoms with Gasteiger partial charge in [-0.05, 0) is 37.3 Å². The zero-order valence-corrected chi connectivity index (χ0v) is 11.2. The van der Waals surface area contributed by atoms with Crippen LogP contribution >= 0.6 is 0 Å². The molecule has 0 saturated heterocycles. The summed E-state index contributed by atoms with van der Waals surface area (Å²) in [4.78, 5) is 20.0. The van der Waals surface area contributed by atoms with E-state index in [0.717, 1.165) is 22.7 Å². The third-order valence-corrected chi connectivity index (χ3v) is 3.25. The molecule has 0 spiro atoms. The maximum Gasteiger partial charge on any atom is 0.335 e. The van der Waals surface area contributed by atoms with Gasteiger partial charge in [-0.3, -0.25) is 0 Å². The van der Waals surface area contributed by atoms with Crippen LogP contribution in [0.1, 0.15) is 16.1 Å². The van der Waals surface area contributed by atoms with Gasteiger partial charge in [-0.1, -0.05) is 6.07 Å². The van der Waals surface area contributed by atoms with Gasteiger partial charge in [-0.15, -0.1) is 0 Å². The predicted molar refractivity (Wildman–Crippen MR) is 75.6 cm³/mol. The number of rotatable bonds is 2. The largest absolute Gasteiger partial charge is 0.478 e. The second-order valence-corrected chi connectivity index (χ2v) is 4.67. The lowest BCUT2D eigenvalue weighted by atomic mass is 10.2. The molecular weight excluding hydrogens is 254 g/mol. The fraction of sp³-hybridized carbons (Fsp3) is 0.133. The number of hydrogen-bond acceptors (Lipinski definition) is 3. The Bertz CT molecular complexity index is 821. The highest BCUT2D eigenvalue weighted by Crippen LogP contribution is 2.23. The molecule has 0 unspecified atom stereocenters. The van der Waals surface area contributed by atoms with Crippen molar-refractivity contribution in [2.24, 2.45) is 7.05 Å². The molecule has 3 rings (SSSR count). The van der Waals surface area contributed by atoms with E-state index in [2.05, 4.69) is 9.97 Å². The number of aromatic nitrogens is 3. The predicted octanol–water partition coefficient (Wildman–Crippen LogP) is 2.64. The third kappa shape index (κ3) is 1.93. The molecule has 0 atom stereocenters. The van der Waals surface area contributed by atoms with Crippen LogP contribution < -0.4 is 0 Å². The van der Waals surface area contributed by atoms with Gasteiger partial charge >= 0.3 is 5.97 Å². The fourth-order valence-electron chi connectivity index (χ4n) is 2.23. The Hall–Kier alpha value is -2.69. The Balaban J connectivity index is 2.22. The normalized spacial score (nSPS) is 10.9. The van der Waals surface area contributed by atoms with E-state index in [9.17, 15) is 4.79 Å². The summed E-state index contributed by atoms with van der Waals surface area (Å²) in [5.74, 6) is -0.223. The molecule has 5 nitrogen and oxygen atoms in total. The Morgan fingerprint density at radius 2 is 2.00 bits per heavy atom. The van der Waals surface area contributed by atoms with Crippen LogP contribution in [0.2, 0.25) is 0 Å². The zero-order valence-electron chi connectivity index (χ0n) is 11.2. The maximum atomic E-state index is 11.0.